The van der Waals surface area contributed by atoms with E-state index in [-0.39, 0.29) is 0 Å². The Hall–Kier alpha value is -1.48. The number of rotatable bonds is 2. The highest BCUT2D eigenvalue weighted by atomic mass is 35.5. The highest BCUT2D eigenvalue weighted by Gasteiger charge is 2.26. The predicted molar refractivity (Wildman–Crippen MR) is 78.9 cm³/mol. The quantitative estimate of drug-likeness (QED) is 0.836. The number of hydrogen-bond acceptors (Lipinski definition) is 2. The third-order valence-electron chi connectivity index (χ3n) is 3.92. The summed E-state index contributed by atoms with van der Waals surface area (Å²) in [4.78, 5) is 2.40. The van der Waals surface area contributed by atoms with Gasteiger partial charge in [0.05, 0.1) is 5.69 Å². The zero-order valence-electron chi connectivity index (χ0n) is 11.5. The fourth-order valence-corrected chi connectivity index (χ4v) is 3.15. The van der Waals surface area contributed by atoms with E-state index in [4.69, 9.17) is 11.6 Å². The Balaban J connectivity index is 1.93. The first-order valence-electron chi connectivity index (χ1n) is 6.59. The van der Waals surface area contributed by atoms with Gasteiger partial charge in [0.1, 0.15) is 5.15 Å². The van der Waals surface area contributed by atoms with Crippen molar-refractivity contribution in [3.8, 4) is 0 Å². The Bertz CT molecular complexity index is 618. The number of aromatic nitrogens is 2. The number of aryl methyl sites for hydroxylation is 2. The van der Waals surface area contributed by atoms with Crippen molar-refractivity contribution in [2.45, 2.75) is 26.3 Å². The number of anilines is 1. The van der Waals surface area contributed by atoms with Crippen molar-refractivity contribution >= 4 is 17.3 Å². The van der Waals surface area contributed by atoms with Gasteiger partial charge in [0, 0.05) is 37.3 Å². The molecule has 19 heavy (non-hydrogen) atoms. The third-order valence-corrected chi connectivity index (χ3v) is 4.39. The zero-order chi connectivity index (χ0) is 13.6. The molecule has 1 aromatic heterocycles. The summed E-state index contributed by atoms with van der Waals surface area (Å²) in [5, 5.41) is 5.13. The Morgan fingerprint density at radius 3 is 2.79 bits per heavy atom. The number of para-hydroxylation sites is 1. The number of benzene rings is 1. The smallest absolute Gasteiger partial charge is 0.131 e. The summed E-state index contributed by atoms with van der Waals surface area (Å²) in [7, 11) is 1.89. The summed E-state index contributed by atoms with van der Waals surface area (Å²) in [6.07, 6.45) is 0. The number of halogens is 1. The highest BCUT2D eigenvalue weighted by Crippen LogP contribution is 2.37. The first-order chi connectivity index (χ1) is 9.08. The molecule has 1 atom stereocenters. The summed E-state index contributed by atoms with van der Waals surface area (Å²) in [5.74, 6) is 0.576. The molecule has 2 aromatic rings. The molecule has 100 valence electrons. The van der Waals surface area contributed by atoms with Crippen LogP contribution in [0.3, 0.4) is 0 Å². The fraction of sp³-hybridized carbons (Fsp3) is 0.400. The number of hydrogen-bond donors (Lipinski definition) is 0. The van der Waals surface area contributed by atoms with E-state index in [9.17, 15) is 0 Å². The van der Waals surface area contributed by atoms with E-state index in [0.29, 0.717) is 5.92 Å². The van der Waals surface area contributed by atoms with Crippen molar-refractivity contribution in [2.24, 2.45) is 7.05 Å². The molecule has 1 unspecified atom stereocenters. The average molecular weight is 276 g/mol. The van der Waals surface area contributed by atoms with E-state index < -0.39 is 0 Å². The van der Waals surface area contributed by atoms with Crippen molar-refractivity contribution in [3.63, 3.8) is 0 Å². The van der Waals surface area contributed by atoms with Crippen LogP contribution < -0.4 is 4.90 Å². The van der Waals surface area contributed by atoms with Crippen LogP contribution >= 0.6 is 11.6 Å². The van der Waals surface area contributed by atoms with Crippen molar-refractivity contribution in [1.82, 2.24) is 9.78 Å². The van der Waals surface area contributed by atoms with E-state index in [1.54, 1.807) is 4.68 Å². The van der Waals surface area contributed by atoms with Crippen LogP contribution in [0.15, 0.2) is 24.3 Å². The Kier molecular flexibility index (Phi) is 3.02. The van der Waals surface area contributed by atoms with E-state index in [2.05, 4.69) is 41.2 Å². The lowest BCUT2D eigenvalue weighted by atomic mass is 10.0. The predicted octanol–water partition coefficient (Wildman–Crippen LogP) is 3.51. The van der Waals surface area contributed by atoms with Crippen LogP contribution in [-0.4, -0.2) is 16.3 Å². The molecule has 3 nitrogen and oxygen atoms in total. The third kappa shape index (κ3) is 2.02. The molecule has 1 aliphatic heterocycles. The summed E-state index contributed by atoms with van der Waals surface area (Å²) in [5.41, 5.74) is 4.91. The van der Waals surface area contributed by atoms with Gasteiger partial charge in [-0.1, -0.05) is 36.7 Å². The van der Waals surface area contributed by atoms with Crippen LogP contribution in [0.1, 0.15) is 29.7 Å². The van der Waals surface area contributed by atoms with Gasteiger partial charge in [0.2, 0.25) is 0 Å². The second-order valence-corrected chi connectivity index (χ2v) is 5.68. The lowest BCUT2D eigenvalue weighted by molar-refractivity contribution is 0.743. The van der Waals surface area contributed by atoms with Gasteiger partial charge in [-0.3, -0.25) is 4.68 Å². The largest absolute Gasteiger partial charge is 0.366 e. The van der Waals surface area contributed by atoms with Gasteiger partial charge in [-0.2, -0.15) is 5.10 Å². The molecule has 1 aromatic carbocycles. The number of fused-ring (bicyclic) bond motifs is 1. The van der Waals surface area contributed by atoms with Crippen LogP contribution in [0.2, 0.25) is 5.15 Å². The maximum atomic E-state index is 6.33. The Morgan fingerprint density at radius 1 is 1.37 bits per heavy atom. The highest BCUT2D eigenvalue weighted by molar-refractivity contribution is 6.30. The number of nitrogens with zero attached hydrogens (tertiary/aromatic N) is 3. The summed E-state index contributed by atoms with van der Waals surface area (Å²) in [6.45, 7) is 6.17. The van der Waals surface area contributed by atoms with Crippen LogP contribution in [0, 0.1) is 6.92 Å². The van der Waals surface area contributed by atoms with Crippen LogP contribution in [0.5, 0.6) is 0 Å². The molecule has 0 radical (unpaired) electrons. The Morgan fingerprint density at radius 2 is 2.11 bits per heavy atom. The van der Waals surface area contributed by atoms with Crippen LogP contribution in [0.25, 0.3) is 0 Å². The molecule has 1 aliphatic rings. The van der Waals surface area contributed by atoms with Crippen LogP contribution in [-0.2, 0) is 13.6 Å². The van der Waals surface area contributed by atoms with Crippen molar-refractivity contribution in [1.29, 1.82) is 0 Å². The minimum absolute atomic E-state index is 0.576. The van der Waals surface area contributed by atoms with Crippen molar-refractivity contribution < 1.29 is 0 Å². The molecule has 0 spiro atoms. The molecule has 0 saturated carbocycles. The van der Waals surface area contributed by atoms with E-state index in [0.717, 1.165) is 29.5 Å². The van der Waals surface area contributed by atoms with Gasteiger partial charge in [-0.15, -0.1) is 0 Å². The van der Waals surface area contributed by atoms with Crippen molar-refractivity contribution in [3.05, 3.63) is 46.2 Å². The molecule has 0 bridgehead atoms. The van der Waals surface area contributed by atoms with E-state index in [1.807, 2.05) is 14.0 Å². The second kappa shape index (κ2) is 4.57. The van der Waals surface area contributed by atoms with Gasteiger partial charge >= 0.3 is 0 Å². The molecular weight excluding hydrogens is 258 g/mol. The maximum Gasteiger partial charge on any atom is 0.131 e. The molecule has 0 saturated heterocycles. The maximum absolute atomic E-state index is 6.33. The minimum Gasteiger partial charge on any atom is -0.366 e. The van der Waals surface area contributed by atoms with Gasteiger partial charge in [0.15, 0.2) is 0 Å². The molecule has 0 amide bonds. The standard InChI is InChI=1S/C15H18ClN3/c1-10-8-19(14-7-5-4-6-12(10)14)9-13-11(2)17-18(3)15(13)16/h4-7,10H,8-9H2,1-3H3. The summed E-state index contributed by atoms with van der Waals surface area (Å²) in [6, 6.07) is 8.62. The molecule has 0 fully saturated rings. The zero-order valence-corrected chi connectivity index (χ0v) is 12.3. The monoisotopic (exact) mass is 275 g/mol. The topological polar surface area (TPSA) is 21.1 Å². The molecular formula is C15H18ClN3. The fourth-order valence-electron chi connectivity index (χ4n) is 2.91. The SMILES string of the molecule is Cc1nn(C)c(Cl)c1CN1CC(C)c2ccccc21. The van der Waals surface area contributed by atoms with Crippen LogP contribution in [0.4, 0.5) is 5.69 Å². The molecule has 4 heteroatoms. The molecule has 0 aliphatic carbocycles. The summed E-state index contributed by atoms with van der Waals surface area (Å²) < 4.78 is 1.75. The lowest BCUT2D eigenvalue weighted by Crippen LogP contribution is -2.21. The average Bonchev–Trinajstić information content (AvgIpc) is 2.83. The first-order valence-corrected chi connectivity index (χ1v) is 6.97. The Labute approximate surface area is 118 Å². The van der Waals surface area contributed by atoms with E-state index in [1.165, 1.54) is 11.3 Å². The van der Waals surface area contributed by atoms with Gasteiger partial charge in [0.25, 0.3) is 0 Å². The van der Waals surface area contributed by atoms with Gasteiger partial charge in [-0.25, -0.2) is 0 Å². The first kappa shape index (κ1) is 12.5. The lowest BCUT2D eigenvalue weighted by Gasteiger charge is -2.19. The second-order valence-electron chi connectivity index (χ2n) is 5.32. The molecule has 0 N–H and O–H groups in total. The summed E-state index contributed by atoms with van der Waals surface area (Å²) >= 11 is 6.33. The van der Waals surface area contributed by atoms with E-state index >= 15 is 0 Å². The van der Waals surface area contributed by atoms with Gasteiger partial charge < -0.3 is 4.90 Å². The molecule has 2 heterocycles. The van der Waals surface area contributed by atoms with Gasteiger partial charge in [-0.05, 0) is 18.6 Å². The molecule has 3 rings (SSSR count). The minimum atomic E-state index is 0.576. The normalized spacial score (nSPS) is 17.9. The van der Waals surface area contributed by atoms with Crippen molar-refractivity contribution in [2.75, 3.05) is 11.4 Å².